The van der Waals surface area contributed by atoms with Crippen molar-refractivity contribution in [2.24, 2.45) is 22.7 Å². The standard InChI is InChI=1S/C20H30O2/c1-18(2)8-5-9-19(3)16(18)6-10-20(4)17(19)12-15(22-20)14-7-11-21-13-14/h7,11,13,15-17H,5-6,8-10,12H2,1-4H3/t15-,16-,17-,19+,20+/m1/s1. The summed E-state index contributed by atoms with van der Waals surface area (Å²) in [5.41, 5.74) is 2.21. The highest BCUT2D eigenvalue weighted by atomic mass is 16.5. The second-order valence-corrected chi connectivity index (χ2v) is 9.20. The molecule has 3 fully saturated rings. The van der Waals surface area contributed by atoms with E-state index in [0.717, 1.165) is 5.92 Å². The van der Waals surface area contributed by atoms with Gasteiger partial charge in [-0.2, -0.15) is 0 Å². The highest BCUT2D eigenvalue weighted by Gasteiger charge is 2.62. The van der Waals surface area contributed by atoms with Crippen molar-refractivity contribution < 1.29 is 9.15 Å². The van der Waals surface area contributed by atoms with Crippen molar-refractivity contribution in [3.63, 3.8) is 0 Å². The Morgan fingerprint density at radius 1 is 1.05 bits per heavy atom. The molecule has 3 aliphatic rings. The minimum Gasteiger partial charge on any atom is -0.472 e. The van der Waals surface area contributed by atoms with Crippen LogP contribution in [-0.2, 0) is 4.74 Å². The van der Waals surface area contributed by atoms with Crippen LogP contribution in [0.2, 0.25) is 0 Å². The van der Waals surface area contributed by atoms with Crippen molar-refractivity contribution in [2.45, 2.75) is 77.9 Å². The molecule has 0 radical (unpaired) electrons. The molecule has 0 N–H and O–H groups in total. The zero-order valence-electron chi connectivity index (χ0n) is 14.5. The number of fused-ring (bicyclic) bond motifs is 3. The first-order valence-corrected chi connectivity index (χ1v) is 9.05. The normalized spacial score (nSPS) is 47.0. The van der Waals surface area contributed by atoms with Gasteiger partial charge >= 0.3 is 0 Å². The molecule has 2 heterocycles. The van der Waals surface area contributed by atoms with Crippen LogP contribution in [0.25, 0.3) is 0 Å². The molecule has 2 nitrogen and oxygen atoms in total. The van der Waals surface area contributed by atoms with E-state index >= 15 is 0 Å². The van der Waals surface area contributed by atoms with Crippen LogP contribution in [-0.4, -0.2) is 5.60 Å². The van der Waals surface area contributed by atoms with E-state index in [4.69, 9.17) is 9.15 Å². The lowest BCUT2D eigenvalue weighted by Crippen LogP contribution is -2.55. The van der Waals surface area contributed by atoms with Crippen molar-refractivity contribution in [1.82, 2.24) is 0 Å². The summed E-state index contributed by atoms with van der Waals surface area (Å²) in [6, 6.07) is 2.08. The van der Waals surface area contributed by atoms with Crippen molar-refractivity contribution in [1.29, 1.82) is 0 Å². The first kappa shape index (κ1) is 14.8. The van der Waals surface area contributed by atoms with E-state index in [0.29, 0.717) is 16.7 Å². The summed E-state index contributed by atoms with van der Waals surface area (Å²) in [6.07, 6.45) is 11.7. The predicted octanol–water partition coefficient (Wildman–Crippen LogP) is 5.74. The molecular formula is C20H30O2. The molecule has 2 heteroatoms. The monoisotopic (exact) mass is 302 g/mol. The maximum atomic E-state index is 6.62. The molecule has 5 atom stereocenters. The average molecular weight is 302 g/mol. The van der Waals surface area contributed by atoms with Gasteiger partial charge in [0.1, 0.15) is 0 Å². The van der Waals surface area contributed by atoms with Crippen LogP contribution in [0.15, 0.2) is 23.0 Å². The topological polar surface area (TPSA) is 22.4 Å². The van der Waals surface area contributed by atoms with Crippen LogP contribution < -0.4 is 0 Å². The Balaban J connectivity index is 1.68. The van der Waals surface area contributed by atoms with Crippen LogP contribution in [0.5, 0.6) is 0 Å². The van der Waals surface area contributed by atoms with E-state index in [1.165, 1.54) is 44.1 Å². The molecule has 0 unspecified atom stereocenters. The molecule has 4 rings (SSSR count). The number of rotatable bonds is 1. The van der Waals surface area contributed by atoms with Crippen LogP contribution in [0.4, 0.5) is 0 Å². The Labute approximate surface area is 134 Å². The second kappa shape index (κ2) is 4.63. The Morgan fingerprint density at radius 2 is 1.86 bits per heavy atom. The lowest BCUT2D eigenvalue weighted by molar-refractivity contribution is -0.155. The molecule has 0 spiro atoms. The molecule has 0 aromatic carbocycles. The second-order valence-electron chi connectivity index (χ2n) is 9.20. The average Bonchev–Trinajstić information content (AvgIpc) is 3.04. The summed E-state index contributed by atoms with van der Waals surface area (Å²) in [5, 5.41) is 0. The van der Waals surface area contributed by atoms with Crippen LogP contribution in [0, 0.1) is 22.7 Å². The first-order valence-electron chi connectivity index (χ1n) is 9.05. The number of furan rings is 1. The van der Waals surface area contributed by atoms with Crippen LogP contribution in [0.3, 0.4) is 0 Å². The van der Waals surface area contributed by atoms with Crippen molar-refractivity contribution in [3.8, 4) is 0 Å². The van der Waals surface area contributed by atoms with Gasteiger partial charge in [0.2, 0.25) is 0 Å². The summed E-state index contributed by atoms with van der Waals surface area (Å²) >= 11 is 0. The summed E-state index contributed by atoms with van der Waals surface area (Å²) in [7, 11) is 0. The summed E-state index contributed by atoms with van der Waals surface area (Å²) in [5.74, 6) is 1.52. The van der Waals surface area contributed by atoms with Gasteiger partial charge in [-0.3, -0.25) is 0 Å². The van der Waals surface area contributed by atoms with Gasteiger partial charge in [0.15, 0.2) is 0 Å². The van der Waals surface area contributed by atoms with Gasteiger partial charge in [-0.25, -0.2) is 0 Å². The predicted molar refractivity (Wildman–Crippen MR) is 87.5 cm³/mol. The highest BCUT2D eigenvalue weighted by molar-refractivity contribution is 5.17. The molecule has 1 aromatic rings. The molecule has 2 aliphatic carbocycles. The minimum atomic E-state index is 0.0562. The molecule has 0 amide bonds. The summed E-state index contributed by atoms with van der Waals surface area (Å²) in [6.45, 7) is 9.95. The Kier molecular flexibility index (Phi) is 3.11. The maximum absolute atomic E-state index is 6.62. The molecule has 22 heavy (non-hydrogen) atoms. The molecule has 1 aromatic heterocycles. The summed E-state index contributed by atoms with van der Waals surface area (Å²) in [4.78, 5) is 0. The number of hydrogen-bond acceptors (Lipinski definition) is 2. The third kappa shape index (κ3) is 1.95. The summed E-state index contributed by atoms with van der Waals surface area (Å²) < 4.78 is 11.9. The van der Waals surface area contributed by atoms with Crippen molar-refractivity contribution in [3.05, 3.63) is 24.2 Å². The quantitative estimate of drug-likeness (QED) is 0.659. The van der Waals surface area contributed by atoms with Gasteiger partial charge in [-0.05, 0) is 67.8 Å². The van der Waals surface area contributed by atoms with Gasteiger partial charge in [-0.15, -0.1) is 0 Å². The van der Waals surface area contributed by atoms with Crippen molar-refractivity contribution >= 4 is 0 Å². The van der Waals surface area contributed by atoms with Gasteiger partial charge < -0.3 is 9.15 Å². The van der Waals surface area contributed by atoms with E-state index in [-0.39, 0.29) is 11.7 Å². The SMILES string of the molecule is CC1(C)CCC[C@@]2(C)[C@@H]1CC[C@]1(C)O[C@@H](c3ccoc3)C[C@H]21. The molecule has 122 valence electrons. The molecule has 2 saturated carbocycles. The third-order valence-electron chi connectivity index (χ3n) is 7.51. The zero-order valence-corrected chi connectivity index (χ0v) is 14.5. The minimum absolute atomic E-state index is 0.0562. The largest absolute Gasteiger partial charge is 0.472 e. The van der Waals surface area contributed by atoms with E-state index < -0.39 is 0 Å². The third-order valence-corrected chi connectivity index (χ3v) is 7.51. The fourth-order valence-electron chi connectivity index (χ4n) is 6.52. The Bertz CT molecular complexity index is 546. The van der Waals surface area contributed by atoms with Gasteiger partial charge in [-0.1, -0.05) is 27.2 Å². The molecule has 1 saturated heterocycles. The fraction of sp³-hybridized carbons (Fsp3) is 0.800. The van der Waals surface area contributed by atoms with Gasteiger partial charge in [0, 0.05) is 5.56 Å². The van der Waals surface area contributed by atoms with E-state index in [9.17, 15) is 0 Å². The molecule has 1 aliphatic heterocycles. The smallest absolute Gasteiger partial charge is 0.0960 e. The molecular weight excluding hydrogens is 272 g/mol. The van der Waals surface area contributed by atoms with Gasteiger partial charge in [0.25, 0.3) is 0 Å². The van der Waals surface area contributed by atoms with E-state index in [1.54, 1.807) is 6.26 Å². The first-order chi connectivity index (χ1) is 10.4. The van der Waals surface area contributed by atoms with E-state index in [2.05, 4.69) is 33.8 Å². The Morgan fingerprint density at radius 3 is 2.59 bits per heavy atom. The maximum Gasteiger partial charge on any atom is 0.0960 e. The fourth-order valence-corrected chi connectivity index (χ4v) is 6.52. The lowest BCUT2D eigenvalue weighted by Gasteiger charge is -2.60. The van der Waals surface area contributed by atoms with Crippen molar-refractivity contribution in [2.75, 3.05) is 0 Å². The van der Waals surface area contributed by atoms with Crippen LogP contribution in [0.1, 0.15) is 77.9 Å². The number of hydrogen-bond donors (Lipinski definition) is 0. The van der Waals surface area contributed by atoms with Crippen LogP contribution >= 0.6 is 0 Å². The van der Waals surface area contributed by atoms with E-state index in [1.807, 2.05) is 6.26 Å². The molecule has 0 bridgehead atoms. The lowest BCUT2D eigenvalue weighted by atomic mass is 9.45. The zero-order chi connectivity index (χ0) is 15.6. The highest BCUT2D eigenvalue weighted by Crippen LogP contribution is 2.67. The van der Waals surface area contributed by atoms with Gasteiger partial charge in [0.05, 0.1) is 24.2 Å². The Hall–Kier alpha value is -0.760. The number of ether oxygens (including phenoxy) is 1.